The van der Waals surface area contributed by atoms with Crippen LogP contribution in [-0.2, 0) is 4.74 Å². The molecule has 3 saturated carbocycles. The van der Waals surface area contributed by atoms with Gasteiger partial charge < -0.3 is 20.5 Å². The van der Waals surface area contributed by atoms with Crippen LogP contribution in [0.1, 0.15) is 58.3 Å². The Bertz CT molecular complexity index is 455. The van der Waals surface area contributed by atoms with E-state index in [0.717, 1.165) is 44.8 Å². The maximum absolute atomic E-state index is 9.68. The molecule has 1 aliphatic heterocycles. The average Bonchev–Trinajstić information content (AvgIpc) is 2.91. The molecule has 3 N–H and O–H groups in total. The van der Waals surface area contributed by atoms with Crippen LogP contribution in [-0.4, -0.2) is 48.5 Å². The Hall–Kier alpha value is -0.810. The number of nitrogens with one attached hydrogen (secondary N) is 2. The third-order valence-electron chi connectivity index (χ3n) is 6.68. The summed E-state index contributed by atoms with van der Waals surface area (Å²) in [6.45, 7) is 3.83. The second-order valence-corrected chi connectivity index (χ2v) is 7.93. The first-order valence-corrected chi connectivity index (χ1v) is 9.60. The van der Waals surface area contributed by atoms with Crippen molar-refractivity contribution in [3.8, 4) is 0 Å². The number of aliphatic hydroxyl groups excluding tert-OH is 1. The molecule has 4 fully saturated rings. The van der Waals surface area contributed by atoms with Gasteiger partial charge in [-0.1, -0.05) is 6.42 Å². The van der Waals surface area contributed by atoms with Gasteiger partial charge in [0.15, 0.2) is 5.96 Å². The van der Waals surface area contributed by atoms with E-state index in [9.17, 15) is 5.11 Å². The fourth-order valence-corrected chi connectivity index (χ4v) is 5.31. The van der Waals surface area contributed by atoms with Gasteiger partial charge in [0.2, 0.25) is 0 Å². The van der Waals surface area contributed by atoms with Gasteiger partial charge in [0, 0.05) is 36.6 Å². The molecule has 1 spiro atoms. The van der Waals surface area contributed by atoms with Gasteiger partial charge in [-0.25, -0.2) is 0 Å². The summed E-state index contributed by atoms with van der Waals surface area (Å²) < 4.78 is 6.02. The van der Waals surface area contributed by atoms with Gasteiger partial charge in [-0.2, -0.15) is 0 Å². The number of ether oxygens (including phenoxy) is 1. The molecule has 0 bridgehead atoms. The van der Waals surface area contributed by atoms with E-state index in [1.54, 1.807) is 0 Å². The van der Waals surface area contributed by atoms with E-state index in [1.165, 1.54) is 25.7 Å². The van der Waals surface area contributed by atoms with Gasteiger partial charge in [0.1, 0.15) is 0 Å². The molecule has 0 aromatic heterocycles. The summed E-state index contributed by atoms with van der Waals surface area (Å²) in [6, 6.07) is 0.986. The summed E-state index contributed by atoms with van der Waals surface area (Å²) in [4.78, 5) is 4.69. The highest BCUT2D eigenvalue weighted by atomic mass is 16.5. The third kappa shape index (κ3) is 2.66. The molecule has 4 aliphatic rings. The number of nitrogens with zero attached hydrogens (tertiary/aromatic N) is 1. The van der Waals surface area contributed by atoms with Gasteiger partial charge in [-0.15, -0.1) is 0 Å². The van der Waals surface area contributed by atoms with E-state index in [0.29, 0.717) is 29.5 Å². The van der Waals surface area contributed by atoms with Crippen molar-refractivity contribution in [3.05, 3.63) is 0 Å². The lowest BCUT2D eigenvalue weighted by Crippen LogP contribution is -2.72. The van der Waals surface area contributed by atoms with Crippen LogP contribution in [0, 0.1) is 11.3 Å². The number of aliphatic imine (C=N–C) groups is 1. The van der Waals surface area contributed by atoms with Crippen molar-refractivity contribution in [2.24, 2.45) is 16.3 Å². The lowest BCUT2D eigenvalue weighted by Gasteiger charge is -2.63. The first-order valence-electron chi connectivity index (χ1n) is 9.60. The van der Waals surface area contributed by atoms with Crippen molar-refractivity contribution in [2.75, 3.05) is 13.2 Å². The molecule has 0 radical (unpaired) electrons. The fourth-order valence-electron chi connectivity index (χ4n) is 5.31. The van der Waals surface area contributed by atoms with Crippen LogP contribution in [0.3, 0.4) is 0 Å². The SMILES string of the molecule is CCN=C(NC1CCC(O)CC1)NC1C2CCOC2C12CCC2. The summed E-state index contributed by atoms with van der Waals surface area (Å²) in [5.41, 5.74) is 0.389. The minimum atomic E-state index is -0.103. The van der Waals surface area contributed by atoms with Crippen molar-refractivity contribution in [1.82, 2.24) is 10.6 Å². The molecule has 0 aromatic carbocycles. The van der Waals surface area contributed by atoms with Gasteiger partial charge in [-0.05, 0) is 51.9 Å². The Labute approximate surface area is 139 Å². The number of fused-ring (bicyclic) bond motifs is 2. The Morgan fingerprint density at radius 2 is 1.96 bits per heavy atom. The molecule has 5 heteroatoms. The van der Waals surface area contributed by atoms with Gasteiger partial charge in [0.05, 0.1) is 12.2 Å². The standard InChI is InChI=1S/C18H31N3O2/c1-2-19-17(20-12-4-6-13(22)7-5-12)21-15-14-8-11-23-16(14)18(15)9-3-10-18/h12-16,22H,2-11H2,1H3,(H2,19,20,21). The van der Waals surface area contributed by atoms with E-state index in [4.69, 9.17) is 4.74 Å². The van der Waals surface area contributed by atoms with Crippen molar-refractivity contribution in [3.63, 3.8) is 0 Å². The second kappa shape index (κ2) is 6.25. The summed E-state index contributed by atoms with van der Waals surface area (Å²) in [6.07, 6.45) is 9.44. The van der Waals surface area contributed by atoms with E-state index in [-0.39, 0.29) is 6.10 Å². The zero-order valence-electron chi connectivity index (χ0n) is 14.3. The topological polar surface area (TPSA) is 65.9 Å². The summed E-state index contributed by atoms with van der Waals surface area (Å²) in [5, 5.41) is 17.1. The van der Waals surface area contributed by atoms with Crippen LogP contribution in [0.15, 0.2) is 4.99 Å². The second-order valence-electron chi connectivity index (χ2n) is 7.93. The molecular weight excluding hydrogens is 290 g/mol. The number of rotatable bonds is 3. The lowest BCUT2D eigenvalue weighted by molar-refractivity contribution is -0.171. The summed E-state index contributed by atoms with van der Waals surface area (Å²) in [5.74, 6) is 1.66. The van der Waals surface area contributed by atoms with Crippen molar-refractivity contribution in [1.29, 1.82) is 0 Å². The van der Waals surface area contributed by atoms with Crippen molar-refractivity contribution >= 4 is 5.96 Å². The predicted octanol–water partition coefficient (Wildman–Crippen LogP) is 1.80. The Balaban J connectivity index is 1.39. The highest BCUT2D eigenvalue weighted by molar-refractivity contribution is 5.80. The Morgan fingerprint density at radius 1 is 1.17 bits per heavy atom. The lowest BCUT2D eigenvalue weighted by atomic mass is 9.46. The third-order valence-corrected chi connectivity index (χ3v) is 6.68. The molecule has 3 aliphatic carbocycles. The molecule has 4 rings (SSSR count). The molecule has 23 heavy (non-hydrogen) atoms. The zero-order chi connectivity index (χ0) is 15.9. The largest absolute Gasteiger partial charge is 0.393 e. The average molecular weight is 321 g/mol. The molecule has 5 nitrogen and oxygen atoms in total. The quantitative estimate of drug-likeness (QED) is 0.548. The number of hydrogen-bond acceptors (Lipinski definition) is 3. The van der Waals surface area contributed by atoms with Crippen LogP contribution in [0.4, 0.5) is 0 Å². The molecule has 1 saturated heterocycles. The first kappa shape index (κ1) is 15.7. The van der Waals surface area contributed by atoms with E-state index in [1.807, 2.05) is 0 Å². The smallest absolute Gasteiger partial charge is 0.191 e. The monoisotopic (exact) mass is 321 g/mol. The summed E-state index contributed by atoms with van der Waals surface area (Å²) >= 11 is 0. The van der Waals surface area contributed by atoms with Crippen molar-refractivity contribution < 1.29 is 9.84 Å². The molecule has 3 unspecified atom stereocenters. The molecule has 1 heterocycles. The zero-order valence-corrected chi connectivity index (χ0v) is 14.3. The van der Waals surface area contributed by atoms with E-state index >= 15 is 0 Å². The molecule has 130 valence electrons. The minimum Gasteiger partial charge on any atom is -0.393 e. The highest BCUT2D eigenvalue weighted by Crippen LogP contribution is 2.62. The maximum atomic E-state index is 9.68. The highest BCUT2D eigenvalue weighted by Gasteiger charge is 2.66. The number of guanidine groups is 1. The Morgan fingerprint density at radius 3 is 2.61 bits per heavy atom. The van der Waals surface area contributed by atoms with Gasteiger partial charge in [-0.3, -0.25) is 4.99 Å². The van der Waals surface area contributed by atoms with Crippen molar-refractivity contribution in [2.45, 2.75) is 82.6 Å². The van der Waals surface area contributed by atoms with Crippen LogP contribution in [0.2, 0.25) is 0 Å². The molecule has 0 amide bonds. The number of hydrogen-bond donors (Lipinski definition) is 3. The van der Waals surface area contributed by atoms with Crippen LogP contribution in [0.5, 0.6) is 0 Å². The summed E-state index contributed by atoms with van der Waals surface area (Å²) in [7, 11) is 0. The first-order chi connectivity index (χ1) is 11.2. The van der Waals surface area contributed by atoms with Crippen LogP contribution in [0.25, 0.3) is 0 Å². The fraction of sp³-hybridized carbons (Fsp3) is 0.944. The van der Waals surface area contributed by atoms with E-state index < -0.39 is 0 Å². The minimum absolute atomic E-state index is 0.103. The van der Waals surface area contributed by atoms with Crippen LogP contribution < -0.4 is 10.6 Å². The Kier molecular flexibility index (Phi) is 4.26. The van der Waals surface area contributed by atoms with Gasteiger partial charge in [0.25, 0.3) is 0 Å². The van der Waals surface area contributed by atoms with Crippen LogP contribution >= 0.6 is 0 Å². The maximum Gasteiger partial charge on any atom is 0.191 e. The van der Waals surface area contributed by atoms with E-state index in [2.05, 4.69) is 22.5 Å². The van der Waals surface area contributed by atoms with Gasteiger partial charge >= 0.3 is 0 Å². The molecular formula is C18H31N3O2. The normalized spacial score (nSPS) is 41.8. The molecule has 3 atom stereocenters. The molecule has 0 aromatic rings. The number of aliphatic hydroxyl groups is 1. The predicted molar refractivity (Wildman–Crippen MR) is 90.4 cm³/mol.